The Kier molecular flexibility index (Phi) is 3.96. The van der Waals surface area contributed by atoms with Crippen LogP contribution in [0.25, 0.3) is 0 Å². The summed E-state index contributed by atoms with van der Waals surface area (Å²) < 4.78 is 9.24. The van der Waals surface area contributed by atoms with E-state index in [2.05, 4.69) is 27.3 Å². The fourth-order valence-corrected chi connectivity index (χ4v) is 2.38. The molecular weight excluding hydrogens is 266 g/mol. The van der Waals surface area contributed by atoms with E-state index in [0.717, 1.165) is 37.9 Å². The standard InChI is InChI=1S/C15H20N5O/c1-18-7-8-19(2)15(18)17-16-13-3-5-14(6-4-13)20-9-11-21-12-10-20/h3-8H,9-12H2,1-2H3/q+1. The van der Waals surface area contributed by atoms with E-state index < -0.39 is 0 Å². The van der Waals surface area contributed by atoms with E-state index in [1.165, 1.54) is 5.69 Å². The molecule has 21 heavy (non-hydrogen) atoms. The number of hydrogen-bond donors (Lipinski definition) is 0. The Morgan fingerprint density at radius 3 is 2.43 bits per heavy atom. The number of morpholine rings is 1. The van der Waals surface area contributed by atoms with E-state index in [4.69, 9.17) is 4.74 Å². The van der Waals surface area contributed by atoms with E-state index in [-0.39, 0.29) is 0 Å². The zero-order valence-corrected chi connectivity index (χ0v) is 12.4. The average Bonchev–Trinajstić information content (AvgIpc) is 2.85. The van der Waals surface area contributed by atoms with Gasteiger partial charge in [-0.25, -0.2) is 9.13 Å². The molecule has 1 aromatic carbocycles. The molecule has 0 saturated carbocycles. The molecule has 6 heteroatoms. The van der Waals surface area contributed by atoms with Crippen LogP contribution in [0, 0.1) is 0 Å². The van der Waals surface area contributed by atoms with Gasteiger partial charge >= 0.3 is 5.95 Å². The van der Waals surface area contributed by atoms with Gasteiger partial charge in [0.2, 0.25) is 0 Å². The van der Waals surface area contributed by atoms with E-state index in [1.54, 1.807) is 0 Å². The lowest BCUT2D eigenvalue weighted by Gasteiger charge is -2.28. The number of aryl methyl sites for hydroxylation is 2. The van der Waals surface area contributed by atoms with Crippen molar-refractivity contribution in [2.75, 3.05) is 31.2 Å². The van der Waals surface area contributed by atoms with Crippen molar-refractivity contribution in [3.05, 3.63) is 36.7 Å². The number of rotatable bonds is 3. The van der Waals surface area contributed by atoms with E-state index in [9.17, 15) is 0 Å². The lowest BCUT2D eigenvalue weighted by molar-refractivity contribution is -0.657. The predicted octanol–water partition coefficient (Wildman–Crippen LogP) is 2.10. The van der Waals surface area contributed by atoms with Crippen LogP contribution in [-0.2, 0) is 18.8 Å². The number of nitrogens with zero attached hydrogens (tertiary/aromatic N) is 5. The highest BCUT2D eigenvalue weighted by Gasteiger charge is 2.12. The molecule has 0 radical (unpaired) electrons. The van der Waals surface area contributed by atoms with Crippen molar-refractivity contribution in [2.45, 2.75) is 0 Å². The molecule has 1 aliphatic rings. The molecule has 3 rings (SSSR count). The third-order valence-electron chi connectivity index (χ3n) is 3.63. The Bertz CT molecular complexity index is 607. The van der Waals surface area contributed by atoms with Gasteiger partial charge in [0.1, 0.15) is 5.69 Å². The molecule has 0 spiro atoms. The maximum atomic E-state index is 5.37. The van der Waals surface area contributed by atoms with Crippen molar-refractivity contribution in [3.63, 3.8) is 0 Å². The molecule has 2 aromatic rings. The van der Waals surface area contributed by atoms with Gasteiger partial charge < -0.3 is 9.64 Å². The predicted molar refractivity (Wildman–Crippen MR) is 80.2 cm³/mol. The first-order valence-corrected chi connectivity index (χ1v) is 7.09. The van der Waals surface area contributed by atoms with Crippen LogP contribution in [0.15, 0.2) is 46.9 Å². The smallest absolute Gasteiger partial charge is 0.378 e. The largest absolute Gasteiger partial charge is 0.421 e. The van der Waals surface area contributed by atoms with Crippen LogP contribution in [0.2, 0.25) is 0 Å². The molecule has 6 nitrogen and oxygen atoms in total. The van der Waals surface area contributed by atoms with Crippen LogP contribution in [0.1, 0.15) is 0 Å². The minimum atomic E-state index is 0.797. The van der Waals surface area contributed by atoms with Gasteiger partial charge in [-0.2, -0.15) is 0 Å². The number of anilines is 1. The molecule has 1 saturated heterocycles. The molecule has 0 aliphatic carbocycles. The van der Waals surface area contributed by atoms with Gasteiger partial charge in [0, 0.05) is 23.9 Å². The normalized spacial score (nSPS) is 15.8. The SMILES string of the molecule is Cn1cc[n+](C)c1N=Nc1ccc(N2CCOCC2)cc1. The first-order chi connectivity index (χ1) is 10.2. The van der Waals surface area contributed by atoms with Gasteiger partial charge in [-0.05, 0) is 24.3 Å². The molecule has 1 fully saturated rings. The Morgan fingerprint density at radius 1 is 1.10 bits per heavy atom. The number of hydrogen-bond acceptors (Lipinski definition) is 4. The van der Waals surface area contributed by atoms with Crippen LogP contribution in [-0.4, -0.2) is 30.9 Å². The van der Waals surface area contributed by atoms with Crippen molar-refractivity contribution in [1.29, 1.82) is 0 Å². The monoisotopic (exact) mass is 286 g/mol. The van der Waals surface area contributed by atoms with Gasteiger partial charge in [0.05, 0.1) is 39.7 Å². The highest BCUT2D eigenvalue weighted by molar-refractivity contribution is 5.52. The first kappa shape index (κ1) is 13.8. The van der Waals surface area contributed by atoms with E-state index >= 15 is 0 Å². The van der Waals surface area contributed by atoms with Crippen LogP contribution < -0.4 is 9.47 Å². The third-order valence-corrected chi connectivity index (χ3v) is 3.63. The quantitative estimate of drug-likeness (QED) is 0.641. The summed E-state index contributed by atoms with van der Waals surface area (Å²) >= 11 is 0. The first-order valence-electron chi connectivity index (χ1n) is 7.09. The minimum Gasteiger partial charge on any atom is -0.378 e. The summed E-state index contributed by atoms with van der Waals surface area (Å²) in [5.74, 6) is 0.812. The second kappa shape index (κ2) is 6.05. The molecule has 0 amide bonds. The van der Waals surface area contributed by atoms with Gasteiger partial charge in [-0.1, -0.05) is 5.11 Å². The summed E-state index contributed by atoms with van der Waals surface area (Å²) in [5.41, 5.74) is 2.06. The fraction of sp³-hybridized carbons (Fsp3) is 0.400. The Morgan fingerprint density at radius 2 is 1.81 bits per heavy atom. The van der Waals surface area contributed by atoms with Crippen LogP contribution in [0.4, 0.5) is 17.3 Å². The average molecular weight is 286 g/mol. The van der Waals surface area contributed by atoms with Gasteiger partial charge in [-0.3, -0.25) is 0 Å². The lowest BCUT2D eigenvalue weighted by Crippen LogP contribution is -2.36. The molecule has 2 heterocycles. The molecule has 1 aromatic heterocycles. The Balaban J connectivity index is 1.72. The summed E-state index contributed by atoms with van der Waals surface area (Å²) in [7, 11) is 3.91. The van der Waals surface area contributed by atoms with Gasteiger partial charge in [0.15, 0.2) is 0 Å². The van der Waals surface area contributed by atoms with Crippen molar-refractivity contribution in [1.82, 2.24) is 4.57 Å². The molecule has 0 bridgehead atoms. The van der Waals surface area contributed by atoms with Crippen molar-refractivity contribution >= 4 is 17.3 Å². The Labute approximate surface area is 124 Å². The molecule has 0 N–H and O–H groups in total. The van der Waals surface area contributed by atoms with Crippen molar-refractivity contribution in [3.8, 4) is 0 Å². The topological polar surface area (TPSA) is 46.0 Å². The third kappa shape index (κ3) is 3.11. The number of benzene rings is 1. The highest BCUT2D eigenvalue weighted by Crippen LogP contribution is 2.21. The summed E-state index contributed by atoms with van der Waals surface area (Å²) in [4.78, 5) is 2.32. The second-order valence-corrected chi connectivity index (χ2v) is 5.14. The van der Waals surface area contributed by atoms with Gasteiger partial charge in [-0.15, -0.1) is 0 Å². The number of imidazole rings is 1. The van der Waals surface area contributed by atoms with E-state index in [1.807, 2.05) is 47.8 Å². The molecule has 110 valence electrons. The summed E-state index contributed by atoms with van der Waals surface area (Å²) in [5, 5.41) is 8.59. The molecular formula is C15H20N5O+. The highest BCUT2D eigenvalue weighted by atomic mass is 16.5. The fourth-order valence-electron chi connectivity index (χ4n) is 2.38. The second-order valence-electron chi connectivity index (χ2n) is 5.14. The maximum Gasteiger partial charge on any atom is 0.421 e. The molecule has 0 unspecified atom stereocenters. The number of azo groups is 1. The Hall–Kier alpha value is -2.21. The van der Waals surface area contributed by atoms with Crippen LogP contribution in [0.3, 0.4) is 0 Å². The van der Waals surface area contributed by atoms with Crippen LogP contribution >= 0.6 is 0 Å². The zero-order chi connectivity index (χ0) is 14.7. The summed E-state index contributed by atoms with van der Waals surface area (Å²) in [6, 6.07) is 8.17. The molecule has 0 atom stereocenters. The van der Waals surface area contributed by atoms with Crippen LogP contribution in [0.5, 0.6) is 0 Å². The summed E-state index contributed by atoms with van der Waals surface area (Å²) in [6.07, 6.45) is 3.91. The lowest BCUT2D eigenvalue weighted by atomic mass is 10.2. The van der Waals surface area contributed by atoms with Gasteiger partial charge in [0.25, 0.3) is 0 Å². The van der Waals surface area contributed by atoms with Crippen molar-refractivity contribution in [2.24, 2.45) is 24.3 Å². The summed E-state index contributed by atoms with van der Waals surface area (Å²) in [6.45, 7) is 3.48. The number of aromatic nitrogens is 2. The van der Waals surface area contributed by atoms with E-state index in [0.29, 0.717) is 0 Å². The molecule has 1 aliphatic heterocycles. The minimum absolute atomic E-state index is 0.797. The number of ether oxygens (including phenoxy) is 1. The van der Waals surface area contributed by atoms with Crippen molar-refractivity contribution < 1.29 is 9.30 Å². The zero-order valence-electron chi connectivity index (χ0n) is 12.4. The maximum absolute atomic E-state index is 5.37.